The van der Waals surface area contributed by atoms with E-state index in [2.05, 4.69) is 21.6 Å². The number of halogens is 1. The largest absolute Gasteiger partial charge is 0.439 e. The zero-order chi connectivity index (χ0) is 21.6. The van der Waals surface area contributed by atoms with Crippen LogP contribution < -0.4 is 14.8 Å². The van der Waals surface area contributed by atoms with E-state index in [1.54, 1.807) is 42.5 Å². The number of hydrogen-bond donors (Lipinski definition) is 2. The Bertz CT molecular complexity index is 1130. The van der Waals surface area contributed by atoms with Crippen molar-refractivity contribution in [2.45, 2.75) is 4.90 Å². The fraction of sp³-hybridized carbons (Fsp3) is 0.0476. The van der Waals surface area contributed by atoms with Gasteiger partial charge in [-0.3, -0.25) is 9.52 Å². The van der Waals surface area contributed by atoms with E-state index in [-0.39, 0.29) is 10.8 Å². The molecule has 0 spiro atoms. The highest BCUT2D eigenvalue weighted by atomic mass is 35.5. The molecule has 9 heteroatoms. The number of aromatic nitrogens is 1. The Morgan fingerprint density at radius 3 is 2.37 bits per heavy atom. The number of rotatable bonds is 8. The summed E-state index contributed by atoms with van der Waals surface area (Å²) in [6.07, 6.45) is 2.99. The van der Waals surface area contributed by atoms with Crippen LogP contribution in [0.1, 0.15) is 10.4 Å². The monoisotopic (exact) mass is 443 g/mol. The van der Waals surface area contributed by atoms with Crippen molar-refractivity contribution in [3.63, 3.8) is 0 Å². The van der Waals surface area contributed by atoms with Gasteiger partial charge in [0.25, 0.3) is 15.9 Å². The first-order valence-electron chi connectivity index (χ1n) is 8.79. The van der Waals surface area contributed by atoms with Crippen LogP contribution in [-0.4, -0.2) is 25.9 Å². The zero-order valence-corrected chi connectivity index (χ0v) is 17.3. The summed E-state index contributed by atoms with van der Waals surface area (Å²) in [6.45, 7) is 3.90. The molecule has 1 amide bonds. The number of ether oxygens (including phenoxy) is 1. The van der Waals surface area contributed by atoms with Crippen molar-refractivity contribution in [1.82, 2.24) is 10.3 Å². The van der Waals surface area contributed by atoms with Gasteiger partial charge in [-0.25, -0.2) is 13.4 Å². The van der Waals surface area contributed by atoms with Crippen LogP contribution >= 0.6 is 11.6 Å². The lowest BCUT2D eigenvalue weighted by molar-refractivity contribution is 0.0957. The van der Waals surface area contributed by atoms with Crippen LogP contribution in [0.3, 0.4) is 0 Å². The molecule has 3 rings (SSSR count). The molecule has 154 valence electrons. The number of pyridine rings is 1. The predicted octanol–water partition coefficient (Wildman–Crippen LogP) is 4.24. The number of anilines is 1. The van der Waals surface area contributed by atoms with Gasteiger partial charge in [-0.05, 0) is 54.6 Å². The molecule has 30 heavy (non-hydrogen) atoms. The number of benzene rings is 2. The first-order valence-corrected chi connectivity index (χ1v) is 10.6. The fourth-order valence-corrected chi connectivity index (χ4v) is 3.57. The molecule has 0 aliphatic carbocycles. The minimum absolute atomic E-state index is 0.105. The maximum atomic E-state index is 12.4. The number of nitrogens with zero attached hydrogens (tertiary/aromatic N) is 1. The molecule has 0 fully saturated rings. The molecule has 7 nitrogen and oxygen atoms in total. The van der Waals surface area contributed by atoms with E-state index in [0.29, 0.717) is 34.4 Å². The summed E-state index contributed by atoms with van der Waals surface area (Å²) in [5, 5.41) is 3.11. The van der Waals surface area contributed by atoms with Gasteiger partial charge >= 0.3 is 0 Å². The average Bonchev–Trinajstić information content (AvgIpc) is 2.74. The number of nitrogens with one attached hydrogen (secondary N) is 2. The lowest BCUT2D eigenvalue weighted by Crippen LogP contribution is -2.23. The van der Waals surface area contributed by atoms with E-state index in [0.717, 1.165) is 0 Å². The lowest BCUT2D eigenvalue weighted by atomic mass is 10.2. The second kappa shape index (κ2) is 9.43. The normalized spacial score (nSPS) is 10.8. The molecule has 0 aliphatic rings. The van der Waals surface area contributed by atoms with Gasteiger partial charge in [0.05, 0.1) is 10.5 Å². The summed E-state index contributed by atoms with van der Waals surface area (Å²) in [7, 11) is -3.73. The summed E-state index contributed by atoms with van der Waals surface area (Å²) < 4.78 is 32.9. The maximum Gasteiger partial charge on any atom is 0.261 e. The molecule has 0 radical (unpaired) electrons. The Hall–Kier alpha value is -3.36. The van der Waals surface area contributed by atoms with Gasteiger partial charge < -0.3 is 10.1 Å². The molecule has 0 unspecified atom stereocenters. The average molecular weight is 444 g/mol. The van der Waals surface area contributed by atoms with Crippen molar-refractivity contribution in [1.29, 1.82) is 0 Å². The maximum absolute atomic E-state index is 12.4. The Morgan fingerprint density at radius 2 is 1.77 bits per heavy atom. The van der Waals surface area contributed by atoms with E-state index in [1.165, 1.54) is 30.5 Å². The van der Waals surface area contributed by atoms with Gasteiger partial charge in [0.15, 0.2) is 0 Å². The predicted molar refractivity (Wildman–Crippen MR) is 116 cm³/mol. The van der Waals surface area contributed by atoms with Crippen LogP contribution in [0.5, 0.6) is 11.6 Å². The summed E-state index contributed by atoms with van der Waals surface area (Å²) >= 11 is 5.79. The molecule has 0 aliphatic heterocycles. The van der Waals surface area contributed by atoms with Gasteiger partial charge in [-0.1, -0.05) is 17.7 Å². The van der Waals surface area contributed by atoms with Gasteiger partial charge in [0.2, 0.25) is 5.88 Å². The highest BCUT2D eigenvalue weighted by Gasteiger charge is 2.14. The van der Waals surface area contributed by atoms with Gasteiger partial charge in [0, 0.05) is 29.5 Å². The Morgan fingerprint density at radius 1 is 1.07 bits per heavy atom. The van der Waals surface area contributed by atoms with Crippen LogP contribution in [0.15, 0.2) is 84.4 Å². The molecule has 2 N–H and O–H groups in total. The third-order valence-electron chi connectivity index (χ3n) is 3.86. The Balaban J connectivity index is 1.64. The minimum Gasteiger partial charge on any atom is -0.439 e. The molecular formula is C21H18ClN3O4S. The zero-order valence-electron chi connectivity index (χ0n) is 15.7. The second-order valence-electron chi connectivity index (χ2n) is 6.07. The molecule has 2 aromatic carbocycles. The number of carbonyl (C=O) groups excluding carboxylic acids is 1. The third kappa shape index (κ3) is 5.59. The van der Waals surface area contributed by atoms with E-state index >= 15 is 0 Å². The van der Waals surface area contributed by atoms with E-state index in [9.17, 15) is 13.2 Å². The van der Waals surface area contributed by atoms with Crippen molar-refractivity contribution in [3.8, 4) is 11.6 Å². The van der Waals surface area contributed by atoms with Gasteiger partial charge in [-0.15, -0.1) is 6.58 Å². The van der Waals surface area contributed by atoms with Crippen LogP contribution in [0.4, 0.5) is 5.69 Å². The minimum atomic E-state index is -3.73. The smallest absolute Gasteiger partial charge is 0.261 e. The van der Waals surface area contributed by atoms with Crippen LogP contribution in [0.2, 0.25) is 5.02 Å². The Kier molecular flexibility index (Phi) is 6.71. The molecule has 1 heterocycles. The summed E-state index contributed by atoms with van der Waals surface area (Å²) in [5.74, 6) is 0.497. The van der Waals surface area contributed by atoms with Crippen molar-refractivity contribution in [3.05, 3.63) is 90.1 Å². The molecule has 0 saturated carbocycles. The first kappa shape index (κ1) is 21.4. The van der Waals surface area contributed by atoms with Crippen molar-refractivity contribution >= 4 is 33.2 Å². The third-order valence-corrected chi connectivity index (χ3v) is 5.51. The van der Waals surface area contributed by atoms with E-state index < -0.39 is 10.0 Å². The van der Waals surface area contributed by atoms with Gasteiger partial charge in [0.1, 0.15) is 5.75 Å². The summed E-state index contributed by atoms with van der Waals surface area (Å²) in [5.41, 5.74) is 0.774. The van der Waals surface area contributed by atoms with Gasteiger partial charge in [-0.2, -0.15) is 0 Å². The quantitative estimate of drug-likeness (QED) is 0.507. The number of hydrogen-bond acceptors (Lipinski definition) is 5. The van der Waals surface area contributed by atoms with Crippen molar-refractivity contribution in [2.24, 2.45) is 0 Å². The number of sulfonamides is 1. The Labute approximate surface area is 179 Å². The second-order valence-corrected chi connectivity index (χ2v) is 8.19. The standard InChI is InChI=1S/C21H18ClN3O4S/c1-2-13-23-21(26)15-3-12-20(24-14-15)29-18-8-6-17(7-9-18)25-30(27,28)19-10-4-16(22)5-11-19/h2-12,14,25H,1,13H2,(H,23,26). The van der Waals surface area contributed by atoms with Crippen molar-refractivity contribution < 1.29 is 17.9 Å². The van der Waals surface area contributed by atoms with Crippen LogP contribution in [0, 0.1) is 0 Å². The molecule has 1 aromatic heterocycles. The molecule has 0 bridgehead atoms. The first-order chi connectivity index (χ1) is 14.4. The highest BCUT2D eigenvalue weighted by molar-refractivity contribution is 7.92. The lowest BCUT2D eigenvalue weighted by Gasteiger charge is -2.10. The van der Waals surface area contributed by atoms with Crippen LogP contribution in [-0.2, 0) is 10.0 Å². The summed E-state index contributed by atoms with van der Waals surface area (Å²) in [6, 6.07) is 15.4. The van der Waals surface area contributed by atoms with E-state index in [4.69, 9.17) is 16.3 Å². The number of amides is 1. The highest BCUT2D eigenvalue weighted by Crippen LogP contribution is 2.23. The molecule has 0 atom stereocenters. The summed E-state index contributed by atoms with van der Waals surface area (Å²) in [4.78, 5) is 16.0. The molecule has 3 aromatic rings. The van der Waals surface area contributed by atoms with E-state index in [1.807, 2.05) is 0 Å². The molecule has 0 saturated heterocycles. The van der Waals surface area contributed by atoms with Crippen molar-refractivity contribution in [2.75, 3.05) is 11.3 Å². The molecular weight excluding hydrogens is 426 g/mol. The topological polar surface area (TPSA) is 97.4 Å². The SMILES string of the molecule is C=CCNC(=O)c1ccc(Oc2ccc(NS(=O)(=O)c3ccc(Cl)cc3)cc2)nc1. The fourth-order valence-electron chi connectivity index (χ4n) is 2.38. The van der Waals surface area contributed by atoms with Crippen LogP contribution in [0.25, 0.3) is 0 Å². The number of carbonyl (C=O) groups is 1.